The molecule has 0 bridgehead atoms. The maximum Gasteiger partial charge on any atom is 0.124 e. The van der Waals surface area contributed by atoms with Crippen molar-refractivity contribution in [3.8, 4) is 11.8 Å². The Hall–Kier alpha value is -1.33. The summed E-state index contributed by atoms with van der Waals surface area (Å²) in [6.45, 7) is 3.55. The van der Waals surface area contributed by atoms with E-state index in [2.05, 4.69) is 11.8 Å². The molecule has 0 heterocycles. The Morgan fingerprint density at radius 3 is 2.86 bits per heavy atom. The van der Waals surface area contributed by atoms with Crippen molar-refractivity contribution in [3.05, 3.63) is 35.1 Å². The van der Waals surface area contributed by atoms with Crippen LogP contribution >= 0.6 is 0 Å². The highest BCUT2D eigenvalue weighted by Crippen LogP contribution is 2.08. The second kappa shape index (κ2) is 4.78. The van der Waals surface area contributed by atoms with Gasteiger partial charge < -0.3 is 5.11 Å². The number of benzene rings is 1. The predicted molar refractivity (Wildman–Crippen MR) is 54.3 cm³/mol. The minimum Gasteiger partial charge on any atom is -0.392 e. The summed E-state index contributed by atoms with van der Waals surface area (Å²) in [5, 5.41) is 8.98. The molecule has 0 aliphatic rings. The van der Waals surface area contributed by atoms with Crippen molar-refractivity contribution in [2.24, 2.45) is 0 Å². The number of rotatable bonds is 1. The van der Waals surface area contributed by atoms with Gasteiger partial charge in [-0.25, -0.2) is 4.39 Å². The van der Waals surface area contributed by atoms with E-state index in [-0.39, 0.29) is 5.82 Å². The molecule has 0 saturated carbocycles. The molecule has 0 saturated heterocycles. The van der Waals surface area contributed by atoms with Gasteiger partial charge in [-0.05, 0) is 31.5 Å². The summed E-state index contributed by atoms with van der Waals surface area (Å²) in [6, 6.07) is 4.52. The third-order valence-corrected chi connectivity index (χ3v) is 1.82. The highest BCUT2D eigenvalue weighted by atomic mass is 19.1. The molecule has 1 aromatic carbocycles. The van der Waals surface area contributed by atoms with Gasteiger partial charge in [-0.1, -0.05) is 17.9 Å². The third kappa shape index (κ3) is 3.20. The highest BCUT2D eigenvalue weighted by Gasteiger charge is 1.96. The summed E-state index contributed by atoms with van der Waals surface area (Å²) in [7, 11) is 0. The fourth-order valence-corrected chi connectivity index (χ4v) is 1.02. The van der Waals surface area contributed by atoms with Gasteiger partial charge in [0.2, 0.25) is 0 Å². The van der Waals surface area contributed by atoms with E-state index >= 15 is 0 Å². The Morgan fingerprint density at radius 2 is 2.21 bits per heavy atom. The number of aliphatic hydroxyl groups excluding tert-OH is 1. The van der Waals surface area contributed by atoms with Crippen LogP contribution in [-0.2, 0) is 0 Å². The summed E-state index contributed by atoms with van der Waals surface area (Å²) in [6.07, 6.45) is -0.0213. The van der Waals surface area contributed by atoms with Crippen LogP contribution in [0, 0.1) is 24.6 Å². The molecule has 1 N–H and O–H groups in total. The van der Waals surface area contributed by atoms with Crippen LogP contribution in [0.5, 0.6) is 0 Å². The van der Waals surface area contributed by atoms with Crippen LogP contribution in [-0.4, -0.2) is 11.2 Å². The second-order valence-corrected chi connectivity index (χ2v) is 3.31. The molecular weight excluding hydrogens is 179 g/mol. The smallest absolute Gasteiger partial charge is 0.124 e. The summed E-state index contributed by atoms with van der Waals surface area (Å²) in [4.78, 5) is 0. The topological polar surface area (TPSA) is 20.2 Å². The number of aryl methyl sites for hydroxylation is 1. The van der Waals surface area contributed by atoms with Gasteiger partial charge in [-0.3, -0.25) is 0 Å². The molecule has 74 valence electrons. The van der Waals surface area contributed by atoms with Crippen LogP contribution in [0.4, 0.5) is 4.39 Å². The fourth-order valence-electron chi connectivity index (χ4n) is 1.02. The zero-order valence-corrected chi connectivity index (χ0v) is 8.34. The third-order valence-electron chi connectivity index (χ3n) is 1.82. The SMILES string of the molecule is Cc1ccc(F)cc1C#CCC(C)O. The van der Waals surface area contributed by atoms with Crippen molar-refractivity contribution >= 4 is 0 Å². The Bertz CT molecular complexity index is 372. The van der Waals surface area contributed by atoms with Gasteiger partial charge >= 0.3 is 0 Å². The van der Waals surface area contributed by atoms with E-state index in [0.29, 0.717) is 12.0 Å². The molecule has 0 amide bonds. The van der Waals surface area contributed by atoms with E-state index in [4.69, 9.17) is 5.11 Å². The Kier molecular flexibility index (Phi) is 3.67. The van der Waals surface area contributed by atoms with Gasteiger partial charge in [0, 0.05) is 12.0 Å². The van der Waals surface area contributed by atoms with E-state index in [9.17, 15) is 4.39 Å². The van der Waals surface area contributed by atoms with E-state index in [1.54, 1.807) is 13.0 Å². The summed E-state index contributed by atoms with van der Waals surface area (Å²) in [5.74, 6) is 5.36. The zero-order valence-electron chi connectivity index (χ0n) is 8.34. The molecule has 0 radical (unpaired) electrons. The van der Waals surface area contributed by atoms with E-state index in [1.165, 1.54) is 12.1 Å². The van der Waals surface area contributed by atoms with Gasteiger partial charge in [-0.2, -0.15) is 0 Å². The monoisotopic (exact) mass is 192 g/mol. The van der Waals surface area contributed by atoms with Crippen molar-refractivity contribution in [1.82, 2.24) is 0 Å². The quantitative estimate of drug-likeness (QED) is 0.677. The van der Waals surface area contributed by atoms with Gasteiger partial charge in [-0.15, -0.1) is 0 Å². The summed E-state index contributed by atoms with van der Waals surface area (Å²) in [5.41, 5.74) is 1.63. The maximum absolute atomic E-state index is 12.8. The van der Waals surface area contributed by atoms with Gasteiger partial charge in [0.15, 0.2) is 0 Å². The Morgan fingerprint density at radius 1 is 1.50 bits per heavy atom. The normalized spacial score (nSPS) is 11.7. The van der Waals surface area contributed by atoms with Crippen LogP contribution in [0.1, 0.15) is 24.5 Å². The Labute approximate surface area is 83.6 Å². The van der Waals surface area contributed by atoms with Gasteiger partial charge in [0.25, 0.3) is 0 Å². The number of halogens is 1. The van der Waals surface area contributed by atoms with Crippen LogP contribution in [0.25, 0.3) is 0 Å². The van der Waals surface area contributed by atoms with E-state index in [1.807, 2.05) is 6.92 Å². The lowest BCUT2D eigenvalue weighted by atomic mass is 10.1. The molecule has 1 atom stereocenters. The molecule has 0 aromatic heterocycles. The average molecular weight is 192 g/mol. The molecule has 1 unspecified atom stereocenters. The van der Waals surface area contributed by atoms with Crippen molar-refractivity contribution in [2.75, 3.05) is 0 Å². The molecule has 1 rings (SSSR count). The van der Waals surface area contributed by atoms with E-state index < -0.39 is 6.10 Å². The molecule has 2 heteroatoms. The number of hydrogen-bond donors (Lipinski definition) is 1. The first-order valence-electron chi connectivity index (χ1n) is 4.52. The minimum absolute atomic E-state index is 0.281. The molecule has 1 nitrogen and oxygen atoms in total. The number of hydrogen-bond acceptors (Lipinski definition) is 1. The van der Waals surface area contributed by atoms with Crippen molar-refractivity contribution in [1.29, 1.82) is 0 Å². The molecule has 0 aliphatic carbocycles. The lowest BCUT2D eigenvalue weighted by Crippen LogP contribution is -1.95. The summed E-state index contributed by atoms with van der Waals surface area (Å²) < 4.78 is 12.8. The molecular formula is C12H13FO. The first-order chi connectivity index (χ1) is 6.59. The largest absolute Gasteiger partial charge is 0.392 e. The summed E-state index contributed by atoms with van der Waals surface area (Å²) >= 11 is 0. The van der Waals surface area contributed by atoms with Gasteiger partial charge in [0.05, 0.1) is 6.10 Å². The van der Waals surface area contributed by atoms with E-state index in [0.717, 1.165) is 5.56 Å². The van der Waals surface area contributed by atoms with Crippen molar-refractivity contribution < 1.29 is 9.50 Å². The average Bonchev–Trinajstić information content (AvgIpc) is 2.10. The second-order valence-electron chi connectivity index (χ2n) is 3.31. The van der Waals surface area contributed by atoms with Crippen LogP contribution in [0.3, 0.4) is 0 Å². The first kappa shape index (κ1) is 10.7. The minimum atomic E-state index is -0.434. The standard InChI is InChI=1S/C12H13FO/c1-9-6-7-12(13)8-11(9)5-3-4-10(2)14/h6-8,10,14H,4H2,1-2H3. The number of aliphatic hydroxyl groups is 1. The lowest BCUT2D eigenvalue weighted by Gasteiger charge is -1.97. The maximum atomic E-state index is 12.8. The molecule has 0 aliphatic heterocycles. The van der Waals surface area contributed by atoms with Crippen molar-refractivity contribution in [3.63, 3.8) is 0 Å². The zero-order chi connectivity index (χ0) is 10.6. The lowest BCUT2D eigenvalue weighted by molar-refractivity contribution is 0.201. The van der Waals surface area contributed by atoms with Crippen molar-refractivity contribution in [2.45, 2.75) is 26.4 Å². The predicted octanol–water partition coefficient (Wildman–Crippen LogP) is 2.26. The van der Waals surface area contributed by atoms with Crippen LogP contribution < -0.4 is 0 Å². The fraction of sp³-hybridized carbons (Fsp3) is 0.333. The molecule has 0 spiro atoms. The molecule has 0 fully saturated rings. The first-order valence-corrected chi connectivity index (χ1v) is 4.52. The van der Waals surface area contributed by atoms with Crippen LogP contribution in [0.2, 0.25) is 0 Å². The molecule has 14 heavy (non-hydrogen) atoms. The van der Waals surface area contributed by atoms with Gasteiger partial charge in [0.1, 0.15) is 5.82 Å². The molecule has 1 aromatic rings. The highest BCUT2D eigenvalue weighted by molar-refractivity contribution is 5.40. The van der Waals surface area contributed by atoms with Crippen LogP contribution in [0.15, 0.2) is 18.2 Å². The Balaban J connectivity index is 2.83.